The highest BCUT2D eigenvalue weighted by molar-refractivity contribution is 7.22. The fourth-order valence-corrected chi connectivity index (χ4v) is 6.02. The number of halogens is 1. The first-order chi connectivity index (χ1) is 18.1. The number of alkyl halides is 1. The number of pyridine rings is 2. The van der Waals surface area contributed by atoms with E-state index in [0.717, 1.165) is 63.9 Å². The van der Waals surface area contributed by atoms with Crippen molar-refractivity contribution >= 4 is 32.5 Å². The van der Waals surface area contributed by atoms with E-state index in [1.165, 1.54) is 0 Å². The number of fused-ring (bicyclic) bond motifs is 1. The van der Waals surface area contributed by atoms with Crippen LogP contribution >= 0.6 is 11.3 Å². The van der Waals surface area contributed by atoms with E-state index in [-0.39, 0.29) is 19.6 Å². The summed E-state index contributed by atoms with van der Waals surface area (Å²) in [6.07, 6.45) is 7.57. The molecule has 2 fully saturated rings. The minimum Gasteiger partial charge on any atom is -0.457 e. The number of thiazole rings is 1. The molecule has 200 valence electrons. The number of benzene rings is 1. The second kappa shape index (κ2) is 11.6. The molecule has 1 aromatic carbocycles. The van der Waals surface area contributed by atoms with Crippen LogP contribution in [0.4, 0.5) is 15.3 Å². The van der Waals surface area contributed by atoms with Crippen molar-refractivity contribution in [2.45, 2.75) is 64.3 Å². The standard InChI is InChI=1S/C28H30FN5O2S.CH4/c29-19-9-13-34(14-10-19)27-15-18(7-11-31-27)24-16-21(8-12-30-24)36-20-5-6-23-26(17-20)37-28(33-23)32-22-3-1-2-4-25(22)35;/h5-8,11-12,15-17,19,22,25,35H,1-4,9-10,13-14H2,(H,32,33);1H4/t22-,25-;/m1./s1. The number of rotatable bonds is 6. The molecular formula is C29H34FN5O2S. The lowest BCUT2D eigenvalue weighted by atomic mass is 9.93. The van der Waals surface area contributed by atoms with Gasteiger partial charge in [0, 0.05) is 43.2 Å². The molecule has 0 bridgehead atoms. The number of nitrogens with one attached hydrogen (secondary N) is 1. The van der Waals surface area contributed by atoms with Crippen molar-refractivity contribution in [3.05, 3.63) is 54.9 Å². The molecule has 4 heterocycles. The van der Waals surface area contributed by atoms with Gasteiger partial charge in [0.05, 0.1) is 28.1 Å². The third-order valence-electron chi connectivity index (χ3n) is 7.16. The van der Waals surface area contributed by atoms with Crippen molar-refractivity contribution in [1.29, 1.82) is 0 Å². The molecule has 0 spiro atoms. The van der Waals surface area contributed by atoms with Gasteiger partial charge in [-0.1, -0.05) is 31.6 Å². The van der Waals surface area contributed by atoms with Crippen molar-refractivity contribution in [3.8, 4) is 22.8 Å². The summed E-state index contributed by atoms with van der Waals surface area (Å²) >= 11 is 1.57. The van der Waals surface area contributed by atoms with Gasteiger partial charge in [0.1, 0.15) is 23.5 Å². The Hall–Kier alpha value is -3.30. The van der Waals surface area contributed by atoms with E-state index in [9.17, 15) is 9.50 Å². The molecule has 0 unspecified atom stereocenters. The number of anilines is 2. The highest BCUT2D eigenvalue weighted by Crippen LogP contribution is 2.34. The van der Waals surface area contributed by atoms with Crippen LogP contribution in [0, 0.1) is 0 Å². The summed E-state index contributed by atoms with van der Waals surface area (Å²) < 4.78 is 20.8. The van der Waals surface area contributed by atoms with Crippen molar-refractivity contribution in [2.75, 3.05) is 23.3 Å². The number of aromatic nitrogens is 3. The lowest BCUT2D eigenvalue weighted by molar-refractivity contribution is 0.116. The van der Waals surface area contributed by atoms with Gasteiger partial charge in [-0.15, -0.1) is 0 Å². The Balaban J connectivity index is 0.00000294. The van der Waals surface area contributed by atoms with Gasteiger partial charge < -0.3 is 20.1 Å². The van der Waals surface area contributed by atoms with Crippen molar-refractivity contribution in [1.82, 2.24) is 15.0 Å². The lowest BCUT2D eigenvalue weighted by Crippen LogP contribution is -2.36. The van der Waals surface area contributed by atoms with E-state index < -0.39 is 6.17 Å². The zero-order chi connectivity index (χ0) is 25.2. The summed E-state index contributed by atoms with van der Waals surface area (Å²) in [6.45, 7) is 1.35. The average Bonchev–Trinajstić information content (AvgIpc) is 3.32. The van der Waals surface area contributed by atoms with Crippen LogP contribution in [-0.2, 0) is 0 Å². The largest absolute Gasteiger partial charge is 0.457 e. The van der Waals surface area contributed by atoms with Gasteiger partial charge in [0.25, 0.3) is 0 Å². The zero-order valence-electron chi connectivity index (χ0n) is 20.5. The number of aliphatic hydroxyl groups excluding tert-OH is 1. The maximum atomic E-state index is 13.6. The molecule has 2 N–H and O–H groups in total. The molecule has 1 saturated heterocycles. The predicted molar refractivity (Wildman–Crippen MR) is 152 cm³/mol. The Morgan fingerprint density at radius 3 is 2.58 bits per heavy atom. The summed E-state index contributed by atoms with van der Waals surface area (Å²) in [5, 5.41) is 14.5. The minimum absolute atomic E-state index is 0. The van der Waals surface area contributed by atoms with Gasteiger partial charge in [0.15, 0.2) is 5.13 Å². The number of ether oxygens (including phenoxy) is 1. The van der Waals surface area contributed by atoms with Crippen molar-refractivity contribution < 1.29 is 14.2 Å². The second-order valence-corrected chi connectivity index (χ2v) is 10.8. The van der Waals surface area contributed by atoms with Crippen LogP contribution in [0.2, 0.25) is 0 Å². The van der Waals surface area contributed by atoms with Crippen LogP contribution in [0.25, 0.3) is 21.5 Å². The first-order valence-electron chi connectivity index (χ1n) is 13.0. The number of hydrogen-bond acceptors (Lipinski definition) is 8. The summed E-state index contributed by atoms with van der Waals surface area (Å²) in [6, 6.07) is 13.6. The quantitative estimate of drug-likeness (QED) is 0.280. The number of nitrogens with zero attached hydrogens (tertiary/aromatic N) is 4. The minimum atomic E-state index is -0.716. The van der Waals surface area contributed by atoms with Crippen LogP contribution in [0.3, 0.4) is 0 Å². The molecule has 1 aliphatic carbocycles. The molecule has 4 aromatic rings. The normalized spacial score (nSPS) is 20.2. The molecule has 0 amide bonds. The number of piperidine rings is 1. The second-order valence-electron chi connectivity index (χ2n) is 9.79. The smallest absolute Gasteiger partial charge is 0.184 e. The van der Waals surface area contributed by atoms with Gasteiger partial charge in [0.2, 0.25) is 0 Å². The molecule has 38 heavy (non-hydrogen) atoms. The first kappa shape index (κ1) is 26.3. The molecule has 6 rings (SSSR count). The average molecular weight is 536 g/mol. The van der Waals surface area contributed by atoms with E-state index in [4.69, 9.17) is 9.72 Å². The Morgan fingerprint density at radius 2 is 1.74 bits per heavy atom. The predicted octanol–water partition coefficient (Wildman–Crippen LogP) is 6.84. The zero-order valence-corrected chi connectivity index (χ0v) is 21.3. The van der Waals surface area contributed by atoms with Gasteiger partial charge in [-0.3, -0.25) is 4.98 Å². The Kier molecular flexibility index (Phi) is 8.04. The molecule has 1 aliphatic heterocycles. The van der Waals surface area contributed by atoms with Crippen molar-refractivity contribution in [2.24, 2.45) is 0 Å². The topological polar surface area (TPSA) is 83.4 Å². The molecule has 0 radical (unpaired) electrons. The van der Waals surface area contributed by atoms with Crippen LogP contribution in [0.1, 0.15) is 46.0 Å². The van der Waals surface area contributed by atoms with Gasteiger partial charge in [-0.05, 0) is 56.0 Å². The van der Waals surface area contributed by atoms with Crippen molar-refractivity contribution in [3.63, 3.8) is 0 Å². The fraction of sp³-hybridized carbons (Fsp3) is 0.414. The Bertz CT molecular complexity index is 1370. The molecule has 2 atom stereocenters. The highest BCUT2D eigenvalue weighted by atomic mass is 32.1. The third kappa shape index (κ3) is 5.89. The Morgan fingerprint density at radius 1 is 0.947 bits per heavy atom. The summed E-state index contributed by atoms with van der Waals surface area (Å²) in [5.74, 6) is 2.26. The summed E-state index contributed by atoms with van der Waals surface area (Å²) in [5.41, 5.74) is 2.64. The molecule has 7 nitrogen and oxygen atoms in total. The maximum absolute atomic E-state index is 13.6. The molecular weight excluding hydrogens is 501 g/mol. The van der Waals surface area contributed by atoms with E-state index >= 15 is 0 Å². The van der Waals surface area contributed by atoms with Gasteiger partial charge >= 0.3 is 0 Å². The molecule has 9 heteroatoms. The fourth-order valence-electron chi connectivity index (χ4n) is 5.06. The third-order valence-corrected chi connectivity index (χ3v) is 8.10. The van der Waals surface area contributed by atoms with E-state index in [0.29, 0.717) is 31.7 Å². The monoisotopic (exact) mass is 535 g/mol. The van der Waals surface area contributed by atoms with E-state index in [2.05, 4.69) is 20.2 Å². The SMILES string of the molecule is C.O[C@@H]1CCCC[C@H]1Nc1nc2ccc(Oc3ccnc(-c4ccnc(N5CCC(F)CC5)c4)c3)cc2s1. The number of hydrogen-bond donors (Lipinski definition) is 2. The lowest BCUT2D eigenvalue weighted by Gasteiger charge is -2.29. The summed E-state index contributed by atoms with van der Waals surface area (Å²) in [4.78, 5) is 15.9. The molecule has 2 aliphatic rings. The van der Waals surface area contributed by atoms with E-state index in [1.807, 2.05) is 42.5 Å². The van der Waals surface area contributed by atoms with Gasteiger partial charge in [-0.2, -0.15) is 0 Å². The Labute approximate surface area is 226 Å². The molecule has 1 saturated carbocycles. The highest BCUT2D eigenvalue weighted by Gasteiger charge is 2.24. The maximum Gasteiger partial charge on any atom is 0.184 e. The van der Waals surface area contributed by atoms with Crippen LogP contribution in [-0.4, -0.2) is 51.5 Å². The van der Waals surface area contributed by atoms with E-state index in [1.54, 1.807) is 23.7 Å². The van der Waals surface area contributed by atoms with Crippen LogP contribution < -0.4 is 15.0 Å². The van der Waals surface area contributed by atoms with Crippen LogP contribution in [0.15, 0.2) is 54.9 Å². The first-order valence-corrected chi connectivity index (χ1v) is 13.8. The van der Waals surface area contributed by atoms with Crippen LogP contribution in [0.5, 0.6) is 11.5 Å². The number of aliphatic hydroxyl groups is 1. The molecule has 3 aromatic heterocycles. The summed E-state index contributed by atoms with van der Waals surface area (Å²) in [7, 11) is 0. The van der Waals surface area contributed by atoms with Gasteiger partial charge in [-0.25, -0.2) is 14.4 Å².